The van der Waals surface area contributed by atoms with E-state index in [0.717, 1.165) is 31.0 Å². The van der Waals surface area contributed by atoms with Crippen LogP contribution < -0.4 is 11.1 Å². The van der Waals surface area contributed by atoms with Gasteiger partial charge in [-0.2, -0.15) is 0 Å². The molecular formula is C14H19F2N3. The molecule has 3 N–H and O–H groups in total. The first-order chi connectivity index (χ1) is 8.93. The lowest BCUT2D eigenvalue weighted by Gasteiger charge is -2.17. The average molecular weight is 267 g/mol. The van der Waals surface area contributed by atoms with Crippen LogP contribution >= 0.6 is 0 Å². The smallest absolute Gasteiger partial charge is 0.193 e. The third-order valence-corrected chi connectivity index (χ3v) is 3.87. The summed E-state index contributed by atoms with van der Waals surface area (Å²) in [6, 6.07) is 3.18. The fourth-order valence-electron chi connectivity index (χ4n) is 2.09. The molecule has 0 atom stereocenters. The Morgan fingerprint density at radius 1 is 1.42 bits per heavy atom. The van der Waals surface area contributed by atoms with Crippen molar-refractivity contribution in [2.75, 3.05) is 11.9 Å². The fourth-order valence-corrected chi connectivity index (χ4v) is 2.09. The molecular weight excluding hydrogens is 248 g/mol. The Balaban J connectivity index is 2.01. The monoisotopic (exact) mass is 267 g/mol. The van der Waals surface area contributed by atoms with Crippen molar-refractivity contribution in [1.29, 1.82) is 0 Å². The number of aliphatic imine (C=N–C) groups is 1. The van der Waals surface area contributed by atoms with Crippen molar-refractivity contribution in [3.63, 3.8) is 0 Å². The van der Waals surface area contributed by atoms with Gasteiger partial charge in [0.25, 0.3) is 0 Å². The topological polar surface area (TPSA) is 50.4 Å². The van der Waals surface area contributed by atoms with E-state index in [1.54, 1.807) is 0 Å². The fraction of sp³-hybridized carbons (Fsp3) is 0.500. The summed E-state index contributed by atoms with van der Waals surface area (Å²) < 4.78 is 26.4. The maximum atomic E-state index is 13.4. The highest BCUT2D eigenvalue weighted by Gasteiger charge is 2.45. The lowest BCUT2D eigenvalue weighted by Crippen LogP contribution is -2.25. The van der Waals surface area contributed by atoms with Crippen LogP contribution in [-0.2, 0) is 0 Å². The summed E-state index contributed by atoms with van der Waals surface area (Å²) in [5.74, 6) is -0.395. The number of halogens is 2. The van der Waals surface area contributed by atoms with Crippen molar-refractivity contribution in [3.8, 4) is 0 Å². The van der Waals surface area contributed by atoms with E-state index in [1.807, 2.05) is 0 Å². The largest absolute Gasteiger partial charge is 0.370 e. The van der Waals surface area contributed by atoms with E-state index >= 15 is 0 Å². The average Bonchev–Trinajstić information content (AvgIpc) is 3.12. The van der Waals surface area contributed by atoms with Crippen LogP contribution in [0.15, 0.2) is 23.2 Å². The number of benzene rings is 1. The summed E-state index contributed by atoms with van der Waals surface area (Å²) in [6.45, 7) is 4.96. The van der Waals surface area contributed by atoms with Crippen LogP contribution in [0.25, 0.3) is 0 Å². The summed E-state index contributed by atoms with van der Waals surface area (Å²) in [5, 5.41) is 2.60. The van der Waals surface area contributed by atoms with Gasteiger partial charge < -0.3 is 11.1 Å². The summed E-state index contributed by atoms with van der Waals surface area (Å²) in [5.41, 5.74) is 5.96. The molecule has 0 saturated heterocycles. The van der Waals surface area contributed by atoms with Gasteiger partial charge in [-0.3, -0.25) is 4.99 Å². The molecule has 1 fully saturated rings. The lowest BCUT2D eigenvalue weighted by molar-refractivity contribution is 0.371. The molecule has 19 heavy (non-hydrogen) atoms. The summed E-state index contributed by atoms with van der Waals surface area (Å²) in [6.07, 6.45) is 2.30. The van der Waals surface area contributed by atoms with Crippen LogP contribution in [0.4, 0.5) is 14.5 Å². The van der Waals surface area contributed by atoms with Gasteiger partial charge in [0, 0.05) is 12.6 Å². The van der Waals surface area contributed by atoms with Crippen LogP contribution in [0.2, 0.25) is 0 Å². The molecule has 1 aromatic rings. The molecule has 0 unspecified atom stereocenters. The Morgan fingerprint density at radius 3 is 2.68 bits per heavy atom. The summed E-state index contributed by atoms with van der Waals surface area (Å²) in [7, 11) is 0. The molecule has 0 radical (unpaired) electrons. The molecule has 0 bridgehead atoms. The van der Waals surface area contributed by atoms with Crippen molar-refractivity contribution in [1.82, 2.24) is 0 Å². The first kappa shape index (κ1) is 13.8. The first-order valence-electron chi connectivity index (χ1n) is 6.45. The zero-order chi connectivity index (χ0) is 14.0. The maximum absolute atomic E-state index is 13.4. The molecule has 0 heterocycles. The third-order valence-electron chi connectivity index (χ3n) is 3.87. The Morgan fingerprint density at radius 2 is 2.11 bits per heavy atom. The van der Waals surface area contributed by atoms with Gasteiger partial charge in [-0.15, -0.1) is 0 Å². The molecule has 1 aliphatic carbocycles. The minimum Gasteiger partial charge on any atom is -0.370 e. The van der Waals surface area contributed by atoms with Gasteiger partial charge in [0.15, 0.2) is 5.96 Å². The molecule has 0 amide bonds. The van der Waals surface area contributed by atoms with Crippen LogP contribution in [0.5, 0.6) is 0 Å². The molecule has 104 valence electrons. The number of anilines is 1. The van der Waals surface area contributed by atoms with Crippen molar-refractivity contribution in [3.05, 3.63) is 29.8 Å². The molecule has 3 nitrogen and oxygen atoms in total. The van der Waals surface area contributed by atoms with Crippen molar-refractivity contribution >= 4 is 11.6 Å². The van der Waals surface area contributed by atoms with E-state index in [9.17, 15) is 8.78 Å². The minimum atomic E-state index is -0.551. The summed E-state index contributed by atoms with van der Waals surface area (Å²) >= 11 is 0. The van der Waals surface area contributed by atoms with Crippen LogP contribution in [0.1, 0.15) is 26.7 Å². The highest BCUT2D eigenvalue weighted by molar-refractivity contribution is 5.92. The van der Waals surface area contributed by atoms with Crippen LogP contribution in [0, 0.1) is 23.0 Å². The van der Waals surface area contributed by atoms with Gasteiger partial charge in [-0.1, -0.05) is 13.8 Å². The number of guanidine groups is 1. The van der Waals surface area contributed by atoms with Crippen LogP contribution in [-0.4, -0.2) is 12.5 Å². The molecule has 1 saturated carbocycles. The number of hydrogen-bond acceptors (Lipinski definition) is 1. The Hall–Kier alpha value is -1.65. The van der Waals surface area contributed by atoms with Gasteiger partial charge in [-0.25, -0.2) is 8.78 Å². The van der Waals surface area contributed by atoms with E-state index < -0.39 is 11.6 Å². The SMILES string of the molecule is CC(C)C1(CN=C(N)Nc2cc(F)ccc2F)CC1. The number of hydrogen-bond donors (Lipinski definition) is 2. The first-order valence-corrected chi connectivity index (χ1v) is 6.45. The Labute approximate surface area is 111 Å². The quantitative estimate of drug-likeness (QED) is 0.650. The second kappa shape index (κ2) is 5.15. The number of nitrogens with zero attached hydrogens (tertiary/aromatic N) is 1. The van der Waals surface area contributed by atoms with Gasteiger partial charge in [0.2, 0.25) is 0 Å². The summed E-state index contributed by atoms with van der Waals surface area (Å²) in [4.78, 5) is 4.24. The zero-order valence-electron chi connectivity index (χ0n) is 11.2. The molecule has 0 spiro atoms. The molecule has 1 aliphatic rings. The highest BCUT2D eigenvalue weighted by atomic mass is 19.1. The molecule has 5 heteroatoms. The standard InChI is InChI=1S/C14H19F2N3/c1-9(2)14(5-6-14)8-18-13(17)19-12-7-10(15)3-4-11(12)16/h3-4,7,9H,5-6,8H2,1-2H3,(H3,17,18,19). The van der Waals surface area contributed by atoms with Crippen LogP contribution in [0.3, 0.4) is 0 Å². The van der Waals surface area contributed by atoms with Crippen molar-refractivity contribution < 1.29 is 8.78 Å². The predicted octanol–water partition coefficient (Wildman–Crippen LogP) is 3.13. The maximum Gasteiger partial charge on any atom is 0.193 e. The second-order valence-corrected chi connectivity index (χ2v) is 5.47. The van der Waals surface area contributed by atoms with Crippen molar-refractivity contribution in [2.45, 2.75) is 26.7 Å². The lowest BCUT2D eigenvalue weighted by atomic mass is 9.93. The zero-order valence-corrected chi connectivity index (χ0v) is 11.2. The predicted molar refractivity (Wildman–Crippen MR) is 73.0 cm³/mol. The minimum absolute atomic E-state index is 0.00986. The third kappa shape index (κ3) is 3.22. The van der Waals surface area contributed by atoms with E-state index in [-0.39, 0.29) is 17.1 Å². The molecule has 0 aliphatic heterocycles. The van der Waals surface area contributed by atoms with Crippen molar-refractivity contribution in [2.24, 2.45) is 22.1 Å². The number of nitrogens with two attached hydrogens (primary N) is 1. The normalized spacial score (nSPS) is 17.6. The van der Waals surface area contributed by atoms with Gasteiger partial charge >= 0.3 is 0 Å². The molecule has 1 aromatic carbocycles. The molecule has 0 aromatic heterocycles. The van der Waals surface area contributed by atoms with E-state index in [1.165, 1.54) is 0 Å². The highest BCUT2D eigenvalue weighted by Crippen LogP contribution is 2.51. The molecule has 2 rings (SSSR count). The van der Waals surface area contributed by atoms with E-state index in [4.69, 9.17) is 5.73 Å². The van der Waals surface area contributed by atoms with Gasteiger partial charge in [0.1, 0.15) is 11.6 Å². The van der Waals surface area contributed by atoms with E-state index in [0.29, 0.717) is 12.5 Å². The number of nitrogens with one attached hydrogen (secondary N) is 1. The van der Waals surface area contributed by atoms with Gasteiger partial charge in [0.05, 0.1) is 5.69 Å². The van der Waals surface area contributed by atoms with E-state index in [2.05, 4.69) is 24.2 Å². The second-order valence-electron chi connectivity index (χ2n) is 5.47. The Bertz CT molecular complexity index is 493. The Kier molecular flexibility index (Phi) is 3.73. The number of rotatable bonds is 4. The van der Waals surface area contributed by atoms with Gasteiger partial charge in [-0.05, 0) is 36.3 Å².